The highest BCUT2D eigenvalue weighted by Crippen LogP contribution is 2.37. The molecule has 0 spiro atoms. The predicted octanol–water partition coefficient (Wildman–Crippen LogP) is 8.27. The van der Waals surface area contributed by atoms with E-state index in [1.54, 1.807) is 12.3 Å². The van der Waals surface area contributed by atoms with Gasteiger partial charge in [0.2, 0.25) is 0 Å². The summed E-state index contributed by atoms with van der Waals surface area (Å²) < 4.78 is 16.2. The van der Waals surface area contributed by atoms with Crippen molar-refractivity contribution in [2.45, 2.75) is 45.1 Å². The summed E-state index contributed by atoms with van der Waals surface area (Å²) in [6.45, 7) is 6.27. The van der Waals surface area contributed by atoms with Gasteiger partial charge in [0.1, 0.15) is 11.5 Å². The van der Waals surface area contributed by atoms with Crippen LogP contribution in [-0.4, -0.2) is 21.9 Å². The van der Waals surface area contributed by atoms with Gasteiger partial charge in [-0.2, -0.15) is 0 Å². The molecule has 0 aliphatic heterocycles. The molecule has 3 aromatic carbocycles. The van der Waals surface area contributed by atoms with Crippen molar-refractivity contribution in [1.29, 1.82) is 0 Å². The molecule has 1 saturated carbocycles. The number of hydrogen-bond donors (Lipinski definition) is 2. The van der Waals surface area contributed by atoms with Gasteiger partial charge in [-0.25, -0.2) is 9.37 Å². The van der Waals surface area contributed by atoms with E-state index in [1.165, 1.54) is 31.4 Å². The van der Waals surface area contributed by atoms with Crippen molar-refractivity contribution >= 4 is 45.2 Å². The van der Waals surface area contributed by atoms with Crippen LogP contribution >= 0.6 is 0 Å². The molecule has 0 bridgehead atoms. The maximum Gasteiger partial charge on any atom is 0.170 e. The van der Waals surface area contributed by atoms with Crippen molar-refractivity contribution in [3.63, 3.8) is 0 Å². The maximum absolute atomic E-state index is 14.0. The molecule has 2 N–H and O–H groups in total. The van der Waals surface area contributed by atoms with Crippen molar-refractivity contribution in [3.05, 3.63) is 102 Å². The third kappa shape index (κ3) is 4.67. The molecule has 0 unspecified atom stereocenters. The molecular weight excluding hydrogens is 487 g/mol. The summed E-state index contributed by atoms with van der Waals surface area (Å²) in [4.78, 5) is 16.4. The van der Waals surface area contributed by atoms with Crippen LogP contribution in [0.2, 0.25) is 0 Å². The average molecular weight is 519 g/mol. The number of rotatable bonds is 7. The normalized spacial score (nSPS) is 14.0. The van der Waals surface area contributed by atoms with Gasteiger partial charge in [-0.15, -0.1) is 0 Å². The molecule has 196 valence electrons. The van der Waals surface area contributed by atoms with Crippen LogP contribution in [0.3, 0.4) is 0 Å². The first kappa shape index (κ1) is 24.9. The Morgan fingerprint density at radius 1 is 1.00 bits per heavy atom. The molecule has 1 aliphatic rings. The smallest absolute Gasteiger partial charge is 0.170 e. The van der Waals surface area contributed by atoms with Gasteiger partial charge in [0.05, 0.1) is 28.6 Å². The monoisotopic (exact) mass is 518 g/mol. The van der Waals surface area contributed by atoms with Crippen molar-refractivity contribution in [2.24, 2.45) is 0 Å². The Bertz CT molecular complexity index is 1710. The molecule has 5 aromatic rings. The van der Waals surface area contributed by atoms with E-state index < -0.39 is 0 Å². The summed E-state index contributed by atoms with van der Waals surface area (Å²) in [5.41, 5.74) is 7.34. The van der Waals surface area contributed by atoms with E-state index in [0.717, 1.165) is 63.4 Å². The lowest BCUT2D eigenvalue weighted by atomic mass is 9.95. The summed E-state index contributed by atoms with van der Waals surface area (Å²) in [5.74, 6) is -0.297. The van der Waals surface area contributed by atoms with Crippen LogP contribution in [0.5, 0.6) is 0 Å². The highest BCUT2D eigenvalue weighted by molar-refractivity contribution is 6.14. The summed E-state index contributed by atoms with van der Waals surface area (Å²) in [6, 6.07) is 21.5. The van der Waals surface area contributed by atoms with Crippen molar-refractivity contribution in [3.8, 4) is 5.69 Å². The lowest BCUT2D eigenvalue weighted by Gasteiger charge is -2.24. The van der Waals surface area contributed by atoms with Gasteiger partial charge in [0.25, 0.3) is 0 Å². The lowest BCUT2D eigenvalue weighted by Crippen LogP contribution is -2.23. The fraction of sp³-hybridized carbons (Fsp3) is 0.212. The number of aldehydes is 1. The number of hydrogen-bond acceptors (Lipinski definition) is 4. The molecule has 0 saturated heterocycles. The predicted molar refractivity (Wildman–Crippen MR) is 158 cm³/mol. The number of halogens is 1. The summed E-state index contributed by atoms with van der Waals surface area (Å²) >= 11 is 0. The lowest BCUT2D eigenvalue weighted by molar-refractivity contribution is 0.111. The van der Waals surface area contributed by atoms with Crippen molar-refractivity contribution < 1.29 is 9.18 Å². The third-order valence-electron chi connectivity index (χ3n) is 7.75. The first-order chi connectivity index (χ1) is 19.0. The Hall–Kier alpha value is -4.45. The minimum atomic E-state index is -0.297. The minimum Gasteiger partial charge on any atom is -0.380 e. The van der Waals surface area contributed by atoms with Gasteiger partial charge in [-0.1, -0.05) is 62.2 Å². The molecule has 1 aliphatic carbocycles. The Balaban J connectivity index is 1.48. The number of carbonyl (C=O) groups is 1. The standard InChI is InChI=1S/C33H31FN4O/c1-21-15-16-23(34)17-28(21)36-22(2)26-12-8-14-32-33(26)27-11-6-7-13-31(27)38(32)25-18-29(30(20-39)35-19-25)37-24-9-4-3-5-10-24/h6-8,11-20,24,36-37H,2-5,9-10H2,1H3. The first-order valence-corrected chi connectivity index (χ1v) is 13.5. The first-order valence-electron chi connectivity index (χ1n) is 13.5. The second-order valence-corrected chi connectivity index (χ2v) is 10.3. The number of pyridine rings is 1. The molecule has 0 amide bonds. The molecule has 1 fully saturated rings. The highest BCUT2D eigenvalue weighted by Gasteiger charge is 2.19. The largest absolute Gasteiger partial charge is 0.380 e. The quantitative estimate of drug-likeness (QED) is 0.213. The van der Waals surface area contributed by atoms with Crippen molar-refractivity contribution in [2.75, 3.05) is 10.6 Å². The molecule has 39 heavy (non-hydrogen) atoms. The number of aromatic nitrogens is 2. The van der Waals surface area contributed by atoms with Crippen LogP contribution in [0, 0.1) is 12.7 Å². The van der Waals surface area contributed by atoms with Crippen LogP contribution in [-0.2, 0) is 0 Å². The van der Waals surface area contributed by atoms with Crippen LogP contribution < -0.4 is 10.6 Å². The fourth-order valence-electron chi connectivity index (χ4n) is 5.77. The van der Waals surface area contributed by atoms with Gasteiger partial charge < -0.3 is 15.2 Å². The molecule has 2 aromatic heterocycles. The van der Waals surface area contributed by atoms with Crippen LogP contribution in [0.25, 0.3) is 33.2 Å². The van der Waals surface area contributed by atoms with E-state index in [0.29, 0.717) is 23.1 Å². The summed E-state index contributed by atoms with van der Waals surface area (Å²) in [7, 11) is 0. The van der Waals surface area contributed by atoms with E-state index in [2.05, 4.69) is 45.0 Å². The van der Waals surface area contributed by atoms with Gasteiger partial charge in [0.15, 0.2) is 6.29 Å². The molecular formula is C33H31FN4O. The number of benzene rings is 3. The second kappa shape index (κ2) is 10.4. The Kier molecular flexibility index (Phi) is 6.61. The maximum atomic E-state index is 14.0. The number of anilines is 2. The van der Waals surface area contributed by atoms with Crippen LogP contribution in [0.4, 0.5) is 15.8 Å². The Labute approximate surface area is 227 Å². The van der Waals surface area contributed by atoms with E-state index in [9.17, 15) is 9.18 Å². The number of aryl methyl sites for hydroxylation is 1. The molecule has 2 heterocycles. The second-order valence-electron chi connectivity index (χ2n) is 10.3. The van der Waals surface area contributed by atoms with Gasteiger partial charge in [0, 0.05) is 33.8 Å². The molecule has 6 rings (SSSR count). The average Bonchev–Trinajstić information content (AvgIpc) is 3.30. The number of nitrogens with one attached hydrogen (secondary N) is 2. The Morgan fingerprint density at radius 3 is 2.62 bits per heavy atom. The van der Waals surface area contributed by atoms with Gasteiger partial charge >= 0.3 is 0 Å². The van der Waals surface area contributed by atoms with Crippen LogP contribution in [0.1, 0.15) is 53.7 Å². The summed E-state index contributed by atoms with van der Waals surface area (Å²) in [6.07, 6.45) is 8.44. The number of para-hydroxylation sites is 1. The summed E-state index contributed by atoms with van der Waals surface area (Å²) in [5, 5.41) is 9.06. The van der Waals surface area contributed by atoms with E-state index >= 15 is 0 Å². The minimum absolute atomic E-state index is 0.297. The van der Waals surface area contributed by atoms with Gasteiger partial charge in [-0.3, -0.25) is 4.79 Å². The zero-order chi connectivity index (χ0) is 26.9. The zero-order valence-electron chi connectivity index (χ0n) is 22.0. The SMILES string of the molecule is C=C(Nc1cc(F)ccc1C)c1cccc2c1c1ccccc1n2-c1cnc(C=O)c(NC2CCCCC2)c1. The van der Waals surface area contributed by atoms with E-state index in [-0.39, 0.29) is 5.82 Å². The van der Waals surface area contributed by atoms with E-state index in [4.69, 9.17) is 0 Å². The molecule has 0 atom stereocenters. The molecule has 0 radical (unpaired) electrons. The third-order valence-corrected chi connectivity index (χ3v) is 7.75. The fourth-order valence-corrected chi connectivity index (χ4v) is 5.77. The number of fused-ring (bicyclic) bond motifs is 3. The number of carbonyl (C=O) groups excluding carboxylic acids is 1. The van der Waals surface area contributed by atoms with Crippen LogP contribution in [0.15, 0.2) is 79.5 Å². The number of nitrogens with zero attached hydrogens (tertiary/aromatic N) is 2. The van der Waals surface area contributed by atoms with Gasteiger partial charge in [-0.05, 0) is 55.7 Å². The molecule has 6 heteroatoms. The zero-order valence-corrected chi connectivity index (χ0v) is 22.0. The topological polar surface area (TPSA) is 59.0 Å². The van der Waals surface area contributed by atoms with E-state index in [1.807, 2.05) is 37.3 Å². The Morgan fingerprint density at radius 2 is 1.79 bits per heavy atom. The molecule has 5 nitrogen and oxygen atoms in total. The van der Waals surface area contributed by atoms with Crippen molar-refractivity contribution in [1.82, 2.24) is 9.55 Å². The highest BCUT2D eigenvalue weighted by atomic mass is 19.1.